The fourth-order valence-electron chi connectivity index (χ4n) is 2.32. The van der Waals surface area contributed by atoms with Crippen LogP contribution in [0.15, 0.2) is 52.7 Å². The predicted molar refractivity (Wildman–Crippen MR) is 85.9 cm³/mol. The Balaban J connectivity index is 2.04. The molecule has 0 spiro atoms. The second-order valence-electron chi connectivity index (χ2n) is 5.30. The molecule has 0 saturated heterocycles. The lowest BCUT2D eigenvalue weighted by Crippen LogP contribution is -2.29. The van der Waals surface area contributed by atoms with Gasteiger partial charge in [0.2, 0.25) is 0 Å². The van der Waals surface area contributed by atoms with Crippen molar-refractivity contribution >= 4 is 6.08 Å². The topological polar surface area (TPSA) is 25.6 Å². The highest BCUT2D eigenvalue weighted by atomic mass is 19.1. The van der Waals surface area contributed by atoms with Gasteiger partial charge in [-0.25, -0.2) is 4.39 Å². The van der Waals surface area contributed by atoms with Crippen molar-refractivity contribution in [2.75, 3.05) is 26.8 Å². The zero-order chi connectivity index (χ0) is 15.8. The van der Waals surface area contributed by atoms with Crippen molar-refractivity contribution in [1.82, 2.24) is 4.90 Å². The molecule has 0 fully saturated rings. The first-order chi connectivity index (χ1) is 10.7. The zero-order valence-corrected chi connectivity index (χ0v) is 13.1. The molecule has 22 heavy (non-hydrogen) atoms. The van der Waals surface area contributed by atoms with E-state index in [-0.39, 0.29) is 5.82 Å². The molecule has 0 aliphatic carbocycles. The summed E-state index contributed by atoms with van der Waals surface area (Å²) in [5.74, 6) is 0.660. The highest BCUT2D eigenvalue weighted by Crippen LogP contribution is 2.13. The molecule has 2 aromatic rings. The van der Waals surface area contributed by atoms with Gasteiger partial charge in [-0.15, -0.1) is 0 Å². The minimum absolute atomic E-state index is 0.169. The SMILES string of the molecule is COCCN(CC(C)=Cc1ccco1)Cc1ccccc1F. The first-order valence-corrected chi connectivity index (χ1v) is 7.34. The maximum atomic E-state index is 13.8. The van der Waals surface area contributed by atoms with Crippen LogP contribution in [0, 0.1) is 5.82 Å². The van der Waals surface area contributed by atoms with E-state index in [9.17, 15) is 4.39 Å². The lowest BCUT2D eigenvalue weighted by Gasteiger charge is -2.22. The molecule has 0 aliphatic rings. The van der Waals surface area contributed by atoms with E-state index >= 15 is 0 Å². The van der Waals surface area contributed by atoms with Crippen molar-refractivity contribution in [3.8, 4) is 0 Å². The fraction of sp³-hybridized carbons (Fsp3) is 0.333. The third-order valence-electron chi connectivity index (χ3n) is 3.37. The number of hydrogen-bond acceptors (Lipinski definition) is 3. The Labute approximate surface area is 131 Å². The molecule has 0 atom stereocenters. The summed E-state index contributed by atoms with van der Waals surface area (Å²) in [4.78, 5) is 2.16. The lowest BCUT2D eigenvalue weighted by atomic mass is 10.1. The summed E-state index contributed by atoms with van der Waals surface area (Å²) in [6.45, 7) is 4.69. The third-order valence-corrected chi connectivity index (χ3v) is 3.37. The van der Waals surface area contributed by atoms with Crippen molar-refractivity contribution in [1.29, 1.82) is 0 Å². The number of rotatable bonds is 8. The van der Waals surface area contributed by atoms with Crippen molar-refractivity contribution in [2.45, 2.75) is 13.5 Å². The number of nitrogens with zero attached hydrogens (tertiary/aromatic N) is 1. The van der Waals surface area contributed by atoms with Gasteiger partial charge in [0.05, 0.1) is 12.9 Å². The number of furan rings is 1. The lowest BCUT2D eigenvalue weighted by molar-refractivity contribution is 0.149. The van der Waals surface area contributed by atoms with E-state index in [1.807, 2.05) is 37.3 Å². The largest absolute Gasteiger partial charge is 0.465 e. The molecule has 1 aromatic carbocycles. The number of hydrogen-bond donors (Lipinski definition) is 0. The van der Waals surface area contributed by atoms with Crippen LogP contribution in [0.3, 0.4) is 0 Å². The molecule has 0 aliphatic heterocycles. The van der Waals surface area contributed by atoms with Crippen LogP contribution >= 0.6 is 0 Å². The van der Waals surface area contributed by atoms with E-state index < -0.39 is 0 Å². The van der Waals surface area contributed by atoms with Crippen LogP contribution in [0.5, 0.6) is 0 Å². The van der Waals surface area contributed by atoms with E-state index in [1.165, 1.54) is 6.07 Å². The third kappa shape index (κ3) is 5.13. The normalized spacial score (nSPS) is 12.1. The maximum Gasteiger partial charge on any atom is 0.127 e. The van der Waals surface area contributed by atoms with E-state index in [0.29, 0.717) is 18.7 Å². The second kappa shape index (κ2) is 8.51. The molecular formula is C18H22FNO2. The summed E-state index contributed by atoms with van der Waals surface area (Å²) in [5, 5.41) is 0. The van der Waals surface area contributed by atoms with Crippen molar-refractivity contribution in [3.63, 3.8) is 0 Å². The Morgan fingerprint density at radius 3 is 2.77 bits per heavy atom. The van der Waals surface area contributed by atoms with Gasteiger partial charge in [0.15, 0.2) is 0 Å². The molecule has 0 bridgehead atoms. The van der Waals surface area contributed by atoms with Crippen molar-refractivity contribution < 1.29 is 13.5 Å². The Hall–Kier alpha value is -1.91. The maximum absolute atomic E-state index is 13.8. The van der Waals surface area contributed by atoms with Gasteiger partial charge in [0.1, 0.15) is 11.6 Å². The standard InChI is InChI=1S/C18H22FNO2/c1-15(12-17-7-5-10-22-17)13-20(9-11-21-2)14-16-6-3-4-8-18(16)19/h3-8,10,12H,9,11,13-14H2,1-2H3. The molecule has 4 heteroatoms. The van der Waals surface area contributed by atoms with E-state index in [4.69, 9.17) is 9.15 Å². The second-order valence-corrected chi connectivity index (χ2v) is 5.30. The van der Waals surface area contributed by atoms with Crippen LogP contribution < -0.4 is 0 Å². The summed E-state index contributed by atoms with van der Waals surface area (Å²) >= 11 is 0. The molecule has 118 valence electrons. The number of halogens is 1. The average Bonchev–Trinajstić information content (AvgIpc) is 2.99. The Bertz CT molecular complexity index is 593. The fourth-order valence-corrected chi connectivity index (χ4v) is 2.32. The van der Waals surface area contributed by atoms with Crippen molar-refractivity contribution in [3.05, 3.63) is 65.4 Å². The highest BCUT2D eigenvalue weighted by molar-refractivity contribution is 5.46. The van der Waals surface area contributed by atoms with Gasteiger partial charge in [-0.3, -0.25) is 4.90 Å². The van der Waals surface area contributed by atoms with Crippen LogP contribution in [0.1, 0.15) is 18.2 Å². The van der Waals surface area contributed by atoms with Crippen LogP contribution in [-0.4, -0.2) is 31.7 Å². The minimum atomic E-state index is -0.169. The Morgan fingerprint density at radius 2 is 2.09 bits per heavy atom. The van der Waals surface area contributed by atoms with Gasteiger partial charge < -0.3 is 9.15 Å². The predicted octanol–water partition coefficient (Wildman–Crippen LogP) is 3.97. The monoisotopic (exact) mass is 303 g/mol. The van der Waals surface area contributed by atoms with Crippen LogP contribution in [0.25, 0.3) is 6.08 Å². The quantitative estimate of drug-likeness (QED) is 0.738. The van der Waals surface area contributed by atoms with Gasteiger partial charge in [-0.05, 0) is 31.2 Å². The van der Waals surface area contributed by atoms with Gasteiger partial charge in [-0.1, -0.05) is 23.8 Å². The van der Waals surface area contributed by atoms with Gasteiger partial charge >= 0.3 is 0 Å². The van der Waals surface area contributed by atoms with Gasteiger partial charge in [0, 0.05) is 32.3 Å². The summed E-state index contributed by atoms with van der Waals surface area (Å²) in [6.07, 6.45) is 3.66. The Morgan fingerprint density at radius 1 is 1.27 bits per heavy atom. The van der Waals surface area contributed by atoms with Gasteiger partial charge in [0.25, 0.3) is 0 Å². The summed E-state index contributed by atoms with van der Waals surface area (Å²) < 4.78 is 24.3. The molecule has 0 radical (unpaired) electrons. The van der Waals surface area contributed by atoms with E-state index in [0.717, 1.165) is 24.4 Å². The molecule has 0 amide bonds. The molecule has 0 unspecified atom stereocenters. The van der Waals surface area contributed by atoms with Crippen LogP contribution in [0.4, 0.5) is 4.39 Å². The molecule has 0 saturated carbocycles. The number of methoxy groups -OCH3 is 1. The van der Waals surface area contributed by atoms with Crippen LogP contribution in [-0.2, 0) is 11.3 Å². The Kier molecular flexibility index (Phi) is 6.37. The molecule has 1 heterocycles. The smallest absolute Gasteiger partial charge is 0.127 e. The highest BCUT2D eigenvalue weighted by Gasteiger charge is 2.10. The molecular weight excluding hydrogens is 281 g/mol. The van der Waals surface area contributed by atoms with E-state index in [2.05, 4.69) is 4.90 Å². The van der Waals surface area contributed by atoms with E-state index in [1.54, 1.807) is 19.4 Å². The summed E-state index contributed by atoms with van der Waals surface area (Å²) in [7, 11) is 1.67. The minimum Gasteiger partial charge on any atom is -0.465 e. The first-order valence-electron chi connectivity index (χ1n) is 7.34. The summed E-state index contributed by atoms with van der Waals surface area (Å²) in [6, 6.07) is 10.7. The van der Waals surface area contributed by atoms with Crippen LogP contribution in [0.2, 0.25) is 0 Å². The van der Waals surface area contributed by atoms with Gasteiger partial charge in [-0.2, -0.15) is 0 Å². The first kappa shape index (κ1) is 16.5. The average molecular weight is 303 g/mol. The molecule has 0 N–H and O–H groups in total. The molecule has 3 nitrogen and oxygen atoms in total. The molecule has 2 rings (SSSR count). The number of benzene rings is 1. The molecule has 1 aromatic heterocycles. The summed E-state index contributed by atoms with van der Waals surface area (Å²) in [5.41, 5.74) is 1.85. The van der Waals surface area contributed by atoms with Crippen molar-refractivity contribution in [2.24, 2.45) is 0 Å². The zero-order valence-electron chi connectivity index (χ0n) is 13.1. The number of ether oxygens (including phenoxy) is 1.